The number of Topliss-reactive ketones (excluding diaryl/α,β-unsaturated/α-hetero) is 1. The van der Waals surface area contributed by atoms with Crippen molar-refractivity contribution >= 4 is 11.9 Å². The fourth-order valence-electron chi connectivity index (χ4n) is 1.50. The lowest BCUT2D eigenvalue weighted by atomic mass is 10.2. The van der Waals surface area contributed by atoms with Gasteiger partial charge in [-0.1, -0.05) is 42.5 Å². The van der Waals surface area contributed by atoms with E-state index in [1.165, 1.54) is 0 Å². The van der Waals surface area contributed by atoms with Gasteiger partial charge in [-0.3, -0.25) is 4.79 Å². The van der Waals surface area contributed by atoms with Crippen LogP contribution < -0.4 is 0 Å². The molecule has 1 aliphatic carbocycles. The normalized spacial score (nSPS) is 15.5. The molecule has 0 aromatic heterocycles. The first-order valence-corrected chi connectivity index (χ1v) is 5.68. The Morgan fingerprint density at radius 1 is 1.31 bits per heavy atom. The van der Waals surface area contributed by atoms with Crippen LogP contribution in [0.5, 0.6) is 0 Å². The highest BCUT2D eigenvalue weighted by Crippen LogP contribution is 2.29. The molecule has 16 heavy (non-hydrogen) atoms. The highest BCUT2D eigenvalue weighted by atomic mass is 16.5. The van der Waals surface area contributed by atoms with E-state index in [1.807, 2.05) is 42.5 Å². The van der Waals surface area contributed by atoms with E-state index in [4.69, 9.17) is 4.74 Å². The Balaban J connectivity index is 1.64. The summed E-state index contributed by atoms with van der Waals surface area (Å²) in [5.74, 6) is 0.561. The molecular weight excluding hydrogens is 200 g/mol. The summed E-state index contributed by atoms with van der Waals surface area (Å²) < 4.78 is 5.28. The van der Waals surface area contributed by atoms with Crippen molar-refractivity contribution in [3.05, 3.63) is 42.0 Å². The fourth-order valence-corrected chi connectivity index (χ4v) is 1.50. The fraction of sp³-hybridized carbons (Fsp3) is 0.357. The zero-order valence-corrected chi connectivity index (χ0v) is 9.26. The second-order valence-corrected chi connectivity index (χ2v) is 4.07. The lowest BCUT2D eigenvalue weighted by Gasteiger charge is -1.98. The monoisotopic (exact) mass is 216 g/mol. The maximum Gasteiger partial charge on any atom is 0.161 e. The molecule has 0 spiro atoms. The molecular formula is C14H16O2. The summed E-state index contributed by atoms with van der Waals surface area (Å²) >= 11 is 0. The molecule has 0 aliphatic heterocycles. The first kappa shape index (κ1) is 11.1. The van der Waals surface area contributed by atoms with Gasteiger partial charge in [-0.05, 0) is 18.4 Å². The Morgan fingerprint density at radius 3 is 2.75 bits per heavy atom. The van der Waals surface area contributed by atoms with Gasteiger partial charge in [0, 0.05) is 5.92 Å². The van der Waals surface area contributed by atoms with E-state index in [-0.39, 0.29) is 12.4 Å². The number of ether oxygens (including phenoxy) is 1. The number of carbonyl (C=O) groups excluding carboxylic acids is 1. The number of hydrogen-bond donors (Lipinski definition) is 0. The summed E-state index contributed by atoms with van der Waals surface area (Å²) in [7, 11) is 0. The number of ketones is 1. The van der Waals surface area contributed by atoms with Gasteiger partial charge >= 0.3 is 0 Å². The minimum Gasteiger partial charge on any atom is -0.370 e. The van der Waals surface area contributed by atoms with Crippen molar-refractivity contribution in [1.29, 1.82) is 0 Å². The van der Waals surface area contributed by atoms with Gasteiger partial charge in [0.2, 0.25) is 0 Å². The molecule has 0 amide bonds. The van der Waals surface area contributed by atoms with Gasteiger partial charge in [0.05, 0.1) is 6.61 Å². The summed E-state index contributed by atoms with van der Waals surface area (Å²) in [5.41, 5.74) is 1.15. The first-order chi connectivity index (χ1) is 7.86. The van der Waals surface area contributed by atoms with Crippen LogP contribution in [-0.4, -0.2) is 19.0 Å². The van der Waals surface area contributed by atoms with Crippen molar-refractivity contribution in [1.82, 2.24) is 0 Å². The second-order valence-electron chi connectivity index (χ2n) is 4.07. The van der Waals surface area contributed by atoms with Gasteiger partial charge < -0.3 is 4.74 Å². The Hall–Kier alpha value is -1.41. The van der Waals surface area contributed by atoms with Gasteiger partial charge in [0.25, 0.3) is 0 Å². The topological polar surface area (TPSA) is 26.3 Å². The summed E-state index contributed by atoms with van der Waals surface area (Å²) in [6, 6.07) is 10.0. The smallest absolute Gasteiger partial charge is 0.161 e. The maximum atomic E-state index is 11.3. The Labute approximate surface area is 95.9 Å². The van der Waals surface area contributed by atoms with E-state index in [2.05, 4.69) is 0 Å². The van der Waals surface area contributed by atoms with E-state index in [9.17, 15) is 4.79 Å². The molecule has 1 saturated carbocycles. The average molecular weight is 216 g/mol. The van der Waals surface area contributed by atoms with Crippen molar-refractivity contribution < 1.29 is 9.53 Å². The molecule has 1 aliphatic rings. The first-order valence-electron chi connectivity index (χ1n) is 5.68. The van der Waals surface area contributed by atoms with Crippen molar-refractivity contribution in [2.75, 3.05) is 13.2 Å². The van der Waals surface area contributed by atoms with Crippen molar-refractivity contribution in [3.8, 4) is 0 Å². The Bertz CT molecular complexity index is 364. The quantitative estimate of drug-likeness (QED) is 0.683. The van der Waals surface area contributed by atoms with Crippen LogP contribution in [0.2, 0.25) is 0 Å². The molecule has 2 rings (SSSR count). The Kier molecular flexibility index (Phi) is 3.89. The van der Waals surface area contributed by atoms with Crippen LogP contribution in [0.25, 0.3) is 6.08 Å². The molecule has 0 atom stereocenters. The van der Waals surface area contributed by atoms with E-state index in [1.54, 1.807) is 0 Å². The summed E-state index contributed by atoms with van der Waals surface area (Å²) in [6.07, 6.45) is 6.06. The summed E-state index contributed by atoms with van der Waals surface area (Å²) in [4.78, 5) is 11.3. The molecule has 1 fully saturated rings. The van der Waals surface area contributed by atoms with Crippen LogP contribution in [0.1, 0.15) is 18.4 Å². The van der Waals surface area contributed by atoms with Crippen LogP contribution in [0.15, 0.2) is 36.4 Å². The molecule has 0 unspecified atom stereocenters. The Morgan fingerprint density at radius 2 is 2.06 bits per heavy atom. The number of hydrogen-bond acceptors (Lipinski definition) is 2. The molecule has 0 N–H and O–H groups in total. The molecule has 0 bridgehead atoms. The zero-order valence-electron chi connectivity index (χ0n) is 9.26. The highest BCUT2D eigenvalue weighted by molar-refractivity contribution is 5.84. The maximum absolute atomic E-state index is 11.3. The minimum absolute atomic E-state index is 0.258. The lowest BCUT2D eigenvalue weighted by Crippen LogP contribution is -2.10. The molecule has 2 heteroatoms. The minimum atomic E-state index is 0.258. The standard InChI is InChI=1S/C14H16O2/c15-14(13-8-9-13)11-16-10-4-7-12-5-2-1-3-6-12/h1-7,13H,8-11H2. The van der Waals surface area contributed by atoms with Crippen LogP contribution >= 0.6 is 0 Å². The largest absolute Gasteiger partial charge is 0.370 e. The number of rotatable bonds is 6. The molecule has 0 radical (unpaired) electrons. The summed E-state index contributed by atoms with van der Waals surface area (Å²) in [6.45, 7) is 0.775. The highest BCUT2D eigenvalue weighted by Gasteiger charge is 2.28. The van der Waals surface area contributed by atoms with Crippen molar-refractivity contribution in [2.24, 2.45) is 5.92 Å². The average Bonchev–Trinajstić information content (AvgIpc) is 3.13. The summed E-state index contributed by atoms with van der Waals surface area (Å²) in [5, 5.41) is 0. The van der Waals surface area contributed by atoms with Gasteiger partial charge in [-0.15, -0.1) is 0 Å². The van der Waals surface area contributed by atoms with Gasteiger partial charge in [-0.2, -0.15) is 0 Å². The third kappa shape index (κ3) is 3.63. The van der Waals surface area contributed by atoms with E-state index < -0.39 is 0 Å². The third-order valence-electron chi connectivity index (χ3n) is 2.60. The van der Waals surface area contributed by atoms with Crippen LogP contribution in [-0.2, 0) is 9.53 Å². The van der Waals surface area contributed by atoms with E-state index in [0.29, 0.717) is 12.5 Å². The zero-order chi connectivity index (χ0) is 11.2. The van der Waals surface area contributed by atoms with Crippen LogP contribution in [0.3, 0.4) is 0 Å². The third-order valence-corrected chi connectivity index (χ3v) is 2.60. The predicted octanol–water partition coefficient (Wildman–Crippen LogP) is 2.70. The molecule has 84 valence electrons. The van der Waals surface area contributed by atoms with Gasteiger partial charge in [0.1, 0.15) is 6.61 Å². The number of benzene rings is 1. The lowest BCUT2D eigenvalue weighted by molar-refractivity contribution is -0.124. The second kappa shape index (κ2) is 5.61. The van der Waals surface area contributed by atoms with E-state index >= 15 is 0 Å². The van der Waals surface area contributed by atoms with Crippen LogP contribution in [0, 0.1) is 5.92 Å². The molecule has 2 nitrogen and oxygen atoms in total. The van der Waals surface area contributed by atoms with Gasteiger partial charge in [-0.25, -0.2) is 0 Å². The van der Waals surface area contributed by atoms with Crippen molar-refractivity contribution in [3.63, 3.8) is 0 Å². The SMILES string of the molecule is O=C(COCC=Cc1ccccc1)C1CC1. The van der Waals surface area contributed by atoms with Gasteiger partial charge in [0.15, 0.2) is 5.78 Å². The predicted molar refractivity (Wildman–Crippen MR) is 64.0 cm³/mol. The van der Waals surface area contributed by atoms with Crippen molar-refractivity contribution in [2.45, 2.75) is 12.8 Å². The van der Waals surface area contributed by atoms with E-state index in [0.717, 1.165) is 18.4 Å². The van der Waals surface area contributed by atoms with Crippen LogP contribution in [0.4, 0.5) is 0 Å². The molecule has 0 heterocycles. The number of carbonyl (C=O) groups is 1. The molecule has 1 aromatic carbocycles. The molecule has 0 saturated heterocycles. The molecule has 1 aromatic rings.